The van der Waals surface area contributed by atoms with Crippen molar-refractivity contribution in [2.45, 2.75) is 38.0 Å². The summed E-state index contributed by atoms with van der Waals surface area (Å²) in [7, 11) is -2.92. The van der Waals surface area contributed by atoms with Gasteiger partial charge in [0.2, 0.25) is 5.91 Å². The Morgan fingerprint density at radius 2 is 1.74 bits per heavy atom. The Balaban J connectivity index is 2.91. The number of nitrogens with one attached hydrogen (secondary N) is 1. The molecule has 0 fully saturated rings. The molecule has 8 nitrogen and oxygen atoms in total. The smallest absolute Gasteiger partial charge is 0.330 e. The van der Waals surface area contributed by atoms with Crippen molar-refractivity contribution < 1.29 is 32.6 Å². The van der Waals surface area contributed by atoms with Crippen molar-refractivity contribution in [2.75, 3.05) is 12.9 Å². The second kappa shape index (κ2) is 8.98. The fourth-order valence-corrected chi connectivity index (χ4v) is 3.91. The van der Waals surface area contributed by atoms with E-state index in [1.54, 1.807) is 30.3 Å². The number of ether oxygens (including phenoxy) is 1. The Morgan fingerprint density at radius 3 is 2.22 bits per heavy atom. The van der Waals surface area contributed by atoms with Crippen LogP contribution in [-0.4, -0.2) is 55.0 Å². The number of methoxy groups -OCH3 is 1. The fraction of sp³-hybridized carbons (Fsp3) is 0.500. The lowest BCUT2D eigenvalue weighted by Gasteiger charge is -2.25. The lowest BCUT2D eigenvalue weighted by molar-refractivity contribution is -0.149. The number of carbonyl (C=O) groups is 3. The molecular weight excluding hydrogens is 374 g/mol. The lowest BCUT2D eigenvalue weighted by Crippen LogP contribution is -2.54. The monoisotopic (exact) mass is 399 g/mol. The predicted molar refractivity (Wildman–Crippen MR) is 98.8 cm³/mol. The average Bonchev–Trinajstić information content (AvgIpc) is 2.59. The third-order valence-electron chi connectivity index (χ3n) is 4.15. The molecule has 9 heteroatoms. The Labute approximate surface area is 158 Å². The number of carboxylic acids is 1. The highest BCUT2D eigenvalue weighted by Gasteiger charge is 2.38. The summed E-state index contributed by atoms with van der Waals surface area (Å²) in [4.78, 5) is 35.4. The molecule has 0 aliphatic carbocycles. The molecule has 1 amide bonds. The van der Waals surface area contributed by atoms with E-state index in [1.807, 2.05) is 0 Å². The third kappa shape index (κ3) is 6.35. The molecule has 150 valence electrons. The standard InChI is InChI=1S/C18H25NO7S/c1-12(15(20)19-18(2,3)17(23)26-4)27(24,25)11-14(16(21)22)10-13-8-6-5-7-9-13/h5-9,12,14H,10-11H2,1-4H3,(H,19,20)(H,21,22). The summed E-state index contributed by atoms with van der Waals surface area (Å²) in [5.74, 6) is -4.77. The largest absolute Gasteiger partial charge is 0.481 e. The zero-order chi connectivity index (χ0) is 20.8. The Morgan fingerprint density at radius 1 is 1.19 bits per heavy atom. The highest BCUT2D eigenvalue weighted by molar-refractivity contribution is 7.92. The van der Waals surface area contributed by atoms with Crippen molar-refractivity contribution in [1.82, 2.24) is 5.32 Å². The molecule has 2 N–H and O–H groups in total. The van der Waals surface area contributed by atoms with Gasteiger partial charge in [-0.2, -0.15) is 0 Å². The highest BCUT2D eigenvalue weighted by atomic mass is 32.2. The molecule has 0 aliphatic rings. The first kappa shape index (κ1) is 22.6. The summed E-state index contributed by atoms with van der Waals surface area (Å²) in [6.07, 6.45) is 0.0252. The van der Waals surface area contributed by atoms with Gasteiger partial charge in [0, 0.05) is 0 Å². The molecule has 0 radical (unpaired) electrons. The first-order valence-corrected chi connectivity index (χ1v) is 10.0. The predicted octanol–water partition coefficient (Wildman–Crippen LogP) is 0.801. The SMILES string of the molecule is COC(=O)C(C)(C)NC(=O)C(C)S(=O)(=O)CC(Cc1ccccc1)C(=O)O. The summed E-state index contributed by atoms with van der Waals surface area (Å²) < 4.78 is 29.7. The van der Waals surface area contributed by atoms with Gasteiger partial charge in [-0.1, -0.05) is 30.3 Å². The second-order valence-corrected chi connectivity index (χ2v) is 9.17. The normalized spacial score (nSPS) is 14.1. The number of hydrogen-bond acceptors (Lipinski definition) is 6. The number of amides is 1. The van der Waals surface area contributed by atoms with Crippen molar-refractivity contribution in [1.29, 1.82) is 0 Å². The van der Waals surface area contributed by atoms with E-state index in [9.17, 15) is 27.9 Å². The molecule has 2 unspecified atom stereocenters. The van der Waals surface area contributed by atoms with Crippen LogP contribution < -0.4 is 5.32 Å². The zero-order valence-electron chi connectivity index (χ0n) is 15.8. The van der Waals surface area contributed by atoms with E-state index in [0.29, 0.717) is 5.56 Å². The van der Waals surface area contributed by atoms with Gasteiger partial charge in [-0.05, 0) is 32.8 Å². The van der Waals surface area contributed by atoms with Crippen molar-refractivity contribution >= 4 is 27.7 Å². The van der Waals surface area contributed by atoms with Gasteiger partial charge in [0.25, 0.3) is 0 Å². The van der Waals surface area contributed by atoms with Crippen LogP contribution in [0.1, 0.15) is 26.3 Å². The summed E-state index contributed by atoms with van der Waals surface area (Å²) in [6.45, 7) is 3.93. The number of carboxylic acid groups (broad SMARTS) is 1. The molecule has 1 aromatic rings. The Bertz CT molecular complexity index is 787. The number of esters is 1. The van der Waals surface area contributed by atoms with Crippen LogP contribution in [0.3, 0.4) is 0 Å². The van der Waals surface area contributed by atoms with E-state index in [1.165, 1.54) is 20.8 Å². The van der Waals surface area contributed by atoms with E-state index in [-0.39, 0.29) is 6.42 Å². The third-order valence-corrected chi connectivity index (χ3v) is 6.31. The van der Waals surface area contributed by atoms with Crippen LogP contribution in [0.4, 0.5) is 0 Å². The van der Waals surface area contributed by atoms with Gasteiger partial charge in [-0.15, -0.1) is 0 Å². The minimum absolute atomic E-state index is 0.0252. The van der Waals surface area contributed by atoms with Gasteiger partial charge in [0.1, 0.15) is 10.8 Å². The molecule has 0 heterocycles. The molecule has 0 aromatic heterocycles. The van der Waals surface area contributed by atoms with Gasteiger partial charge in [0.05, 0.1) is 18.8 Å². The van der Waals surface area contributed by atoms with Crippen molar-refractivity contribution in [2.24, 2.45) is 5.92 Å². The number of sulfone groups is 1. The molecule has 0 bridgehead atoms. The van der Waals surface area contributed by atoms with Crippen LogP contribution in [0.15, 0.2) is 30.3 Å². The maximum absolute atomic E-state index is 12.6. The highest BCUT2D eigenvalue weighted by Crippen LogP contribution is 2.16. The first-order chi connectivity index (χ1) is 12.4. The summed E-state index contributed by atoms with van der Waals surface area (Å²) in [6, 6.07) is 8.64. The van der Waals surface area contributed by atoms with Crippen molar-refractivity contribution in [3.8, 4) is 0 Å². The fourth-order valence-electron chi connectivity index (χ4n) is 2.42. The van der Waals surface area contributed by atoms with Crippen LogP contribution in [-0.2, 0) is 35.4 Å². The Hall–Kier alpha value is -2.42. The first-order valence-electron chi connectivity index (χ1n) is 8.29. The molecule has 27 heavy (non-hydrogen) atoms. The number of hydrogen-bond donors (Lipinski definition) is 2. The van der Waals surface area contributed by atoms with E-state index in [2.05, 4.69) is 10.1 Å². The topological polar surface area (TPSA) is 127 Å². The van der Waals surface area contributed by atoms with Crippen LogP contribution in [0.5, 0.6) is 0 Å². The number of carbonyl (C=O) groups excluding carboxylic acids is 2. The van der Waals surface area contributed by atoms with Gasteiger partial charge in [-0.3, -0.25) is 9.59 Å². The number of rotatable bonds is 9. The van der Waals surface area contributed by atoms with Crippen LogP contribution in [0, 0.1) is 5.92 Å². The van der Waals surface area contributed by atoms with Gasteiger partial charge in [0.15, 0.2) is 9.84 Å². The molecular formula is C18H25NO7S. The van der Waals surface area contributed by atoms with E-state index >= 15 is 0 Å². The minimum atomic E-state index is -4.07. The molecule has 0 saturated carbocycles. The summed E-state index contributed by atoms with van der Waals surface area (Å²) in [5.41, 5.74) is -0.727. The van der Waals surface area contributed by atoms with Gasteiger partial charge in [-0.25, -0.2) is 13.2 Å². The molecule has 2 atom stereocenters. The van der Waals surface area contributed by atoms with E-state index in [4.69, 9.17) is 0 Å². The van der Waals surface area contributed by atoms with Crippen molar-refractivity contribution in [3.05, 3.63) is 35.9 Å². The van der Waals surface area contributed by atoms with Crippen LogP contribution in [0.25, 0.3) is 0 Å². The number of aliphatic carboxylic acids is 1. The van der Waals surface area contributed by atoms with Gasteiger partial charge >= 0.3 is 11.9 Å². The van der Waals surface area contributed by atoms with E-state index < -0.39 is 50.1 Å². The minimum Gasteiger partial charge on any atom is -0.481 e. The molecule has 0 aliphatic heterocycles. The van der Waals surface area contributed by atoms with Crippen LogP contribution in [0.2, 0.25) is 0 Å². The van der Waals surface area contributed by atoms with Crippen molar-refractivity contribution in [3.63, 3.8) is 0 Å². The molecule has 1 aromatic carbocycles. The second-order valence-electron chi connectivity index (χ2n) is 6.80. The number of benzene rings is 1. The summed E-state index contributed by atoms with van der Waals surface area (Å²) in [5, 5.41) is 10.2. The Kier molecular flexibility index (Phi) is 7.53. The summed E-state index contributed by atoms with van der Waals surface area (Å²) >= 11 is 0. The maximum Gasteiger partial charge on any atom is 0.330 e. The average molecular weight is 399 g/mol. The van der Waals surface area contributed by atoms with E-state index in [0.717, 1.165) is 7.11 Å². The quantitative estimate of drug-likeness (QED) is 0.588. The molecule has 0 saturated heterocycles. The zero-order valence-corrected chi connectivity index (χ0v) is 16.6. The molecule has 0 spiro atoms. The van der Waals surface area contributed by atoms with Crippen LogP contribution >= 0.6 is 0 Å². The van der Waals surface area contributed by atoms with Gasteiger partial charge < -0.3 is 15.2 Å². The molecule has 1 rings (SSSR count). The lowest BCUT2D eigenvalue weighted by atomic mass is 10.0. The maximum atomic E-state index is 12.6.